The third-order valence-corrected chi connectivity index (χ3v) is 6.30. The Bertz CT molecular complexity index is 681. The van der Waals surface area contributed by atoms with Crippen molar-refractivity contribution in [2.45, 2.75) is 19.6 Å². The van der Waals surface area contributed by atoms with Crippen LogP contribution in [0.5, 0.6) is 0 Å². The predicted molar refractivity (Wildman–Crippen MR) is 72.5 cm³/mol. The van der Waals surface area contributed by atoms with Crippen LogP contribution in [0.1, 0.15) is 16.7 Å². The van der Waals surface area contributed by atoms with E-state index < -0.39 is 24.9 Å². The van der Waals surface area contributed by atoms with E-state index >= 15 is 0 Å². The second-order valence-corrected chi connectivity index (χ2v) is 9.00. The van der Waals surface area contributed by atoms with Crippen LogP contribution in [0.2, 0.25) is 0 Å². The molecule has 106 valence electrons. The molecule has 0 spiro atoms. The summed E-state index contributed by atoms with van der Waals surface area (Å²) in [6.07, 6.45) is 0.896. The van der Waals surface area contributed by atoms with Gasteiger partial charge in [0.2, 0.25) is 10.0 Å². The summed E-state index contributed by atoms with van der Waals surface area (Å²) in [6, 6.07) is 5.72. The second-order valence-electron chi connectivity index (χ2n) is 4.69. The first-order valence-electron chi connectivity index (χ1n) is 5.72. The first kappa shape index (κ1) is 14.4. The smallest absolute Gasteiger partial charge is 0.226 e. The molecule has 0 aromatic heterocycles. The zero-order valence-corrected chi connectivity index (χ0v) is 12.1. The van der Waals surface area contributed by atoms with Gasteiger partial charge in [0.1, 0.15) is 0 Å². The molecule has 0 atom stereocenters. The van der Waals surface area contributed by atoms with E-state index in [1.165, 1.54) is 5.56 Å². The summed E-state index contributed by atoms with van der Waals surface area (Å²) in [4.78, 5) is 0. The minimum absolute atomic E-state index is 0.102. The van der Waals surface area contributed by atoms with Crippen LogP contribution in [-0.2, 0) is 39.5 Å². The summed E-state index contributed by atoms with van der Waals surface area (Å²) in [6.45, 7) is 1.71. The van der Waals surface area contributed by atoms with Crippen molar-refractivity contribution in [2.75, 3.05) is 11.3 Å². The van der Waals surface area contributed by atoms with E-state index in [0.717, 1.165) is 30.5 Å². The van der Waals surface area contributed by atoms with E-state index in [4.69, 9.17) is 0 Å². The van der Waals surface area contributed by atoms with Crippen LogP contribution in [0.25, 0.3) is 0 Å². The first-order chi connectivity index (χ1) is 8.75. The fourth-order valence-electron chi connectivity index (χ4n) is 1.97. The van der Waals surface area contributed by atoms with Gasteiger partial charge in [-0.05, 0) is 16.7 Å². The number of sulfonamides is 1. The summed E-state index contributed by atoms with van der Waals surface area (Å²) < 4.78 is 47.4. The maximum atomic E-state index is 11.6. The fourth-order valence-corrected chi connectivity index (χ4v) is 4.95. The number of sulfone groups is 1. The van der Waals surface area contributed by atoms with Gasteiger partial charge in [0.15, 0.2) is 14.9 Å². The maximum Gasteiger partial charge on any atom is 0.226 e. The van der Waals surface area contributed by atoms with Crippen LogP contribution < -0.4 is 10.0 Å². The van der Waals surface area contributed by atoms with Crippen molar-refractivity contribution in [3.05, 3.63) is 34.9 Å². The Labute approximate surface area is 113 Å². The monoisotopic (exact) mass is 304 g/mol. The van der Waals surface area contributed by atoms with Crippen molar-refractivity contribution >= 4 is 19.9 Å². The van der Waals surface area contributed by atoms with E-state index in [2.05, 4.69) is 10.0 Å². The third-order valence-electron chi connectivity index (χ3n) is 2.77. The molecule has 1 aliphatic heterocycles. The molecule has 1 heterocycles. The summed E-state index contributed by atoms with van der Waals surface area (Å²) in [5, 5.41) is 2.32. The molecule has 6 nitrogen and oxygen atoms in total. The Morgan fingerprint density at radius 3 is 2.53 bits per heavy atom. The zero-order valence-electron chi connectivity index (χ0n) is 10.5. The van der Waals surface area contributed by atoms with Gasteiger partial charge in [-0.25, -0.2) is 21.6 Å². The van der Waals surface area contributed by atoms with Crippen LogP contribution >= 0.6 is 0 Å². The van der Waals surface area contributed by atoms with E-state index in [0.29, 0.717) is 0 Å². The molecule has 0 fully saturated rings. The summed E-state index contributed by atoms with van der Waals surface area (Å²) in [5.74, 6) is 0. The third kappa shape index (κ3) is 4.27. The van der Waals surface area contributed by atoms with E-state index in [9.17, 15) is 16.8 Å². The quantitative estimate of drug-likeness (QED) is 0.780. The molecule has 1 aromatic rings. The molecule has 0 saturated carbocycles. The number of hydrogen-bond acceptors (Lipinski definition) is 5. The first-order valence-corrected chi connectivity index (χ1v) is 9.43. The van der Waals surface area contributed by atoms with Gasteiger partial charge in [0, 0.05) is 25.9 Å². The van der Waals surface area contributed by atoms with Crippen molar-refractivity contribution in [2.24, 2.45) is 0 Å². The Kier molecular flexibility index (Phi) is 3.95. The standard InChI is InChI=1S/C11H16N2O4S2/c1-18(14,15)8-19(16,17)13-5-9-2-3-10-6-12-7-11(10)4-9/h2-4,12-13H,5-8H2,1H3. The molecule has 0 radical (unpaired) electrons. The molecule has 2 rings (SSSR count). The summed E-state index contributed by atoms with van der Waals surface area (Å²) in [7, 11) is -7.36. The summed E-state index contributed by atoms with van der Waals surface area (Å²) >= 11 is 0. The average molecular weight is 304 g/mol. The fraction of sp³-hybridized carbons (Fsp3) is 0.455. The molecule has 8 heteroatoms. The molecule has 19 heavy (non-hydrogen) atoms. The molecule has 0 saturated heterocycles. The molecular weight excluding hydrogens is 288 g/mol. The number of hydrogen-bond donors (Lipinski definition) is 2. The van der Waals surface area contributed by atoms with Crippen LogP contribution in [0, 0.1) is 0 Å². The van der Waals surface area contributed by atoms with E-state index in [1.807, 2.05) is 18.2 Å². The van der Waals surface area contributed by atoms with Crippen molar-refractivity contribution in [1.82, 2.24) is 10.0 Å². The zero-order chi connectivity index (χ0) is 14.1. The van der Waals surface area contributed by atoms with Crippen molar-refractivity contribution < 1.29 is 16.8 Å². The van der Waals surface area contributed by atoms with Crippen molar-refractivity contribution in [1.29, 1.82) is 0 Å². The van der Waals surface area contributed by atoms with Crippen LogP contribution in [0.4, 0.5) is 0 Å². The molecule has 0 unspecified atom stereocenters. The molecule has 0 bridgehead atoms. The summed E-state index contributed by atoms with van der Waals surface area (Å²) in [5.41, 5.74) is 3.18. The lowest BCUT2D eigenvalue weighted by Gasteiger charge is -2.07. The lowest BCUT2D eigenvalue weighted by atomic mass is 10.1. The van der Waals surface area contributed by atoms with Gasteiger partial charge in [0.25, 0.3) is 0 Å². The van der Waals surface area contributed by atoms with Crippen molar-refractivity contribution in [3.63, 3.8) is 0 Å². The molecule has 1 aliphatic rings. The average Bonchev–Trinajstić information content (AvgIpc) is 2.70. The predicted octanol–water partition coefficient (Wildman–Crippen LogP) is -0.289. The maximum absolute atomic E-state index is 11.6. The lowest BCUT2D eigenvalue weighted by Crippen LogP contribution is -2.29. The topological polar surface area (TPSA) is 92.3 Å². The van der Waals surface area contributed by atoms with Crippen LogP contribution in [-0.4, -0.2) is 28.2 Å². The number of benzene rings is 1. The number of fused-ring (bicyclic) bond motifs is 1. The Hall–Kier alpha value is -0.960. The van der Waals surface area contributed by atoms with Gasteiger partial charge >= 0.3 is 0 Å². The van der Waals surface area contributed by atoms with Gasteiger partial charge in [-0.3, -0.25) is 0 Å². The Balaban J connectivity index is 2.03. The lowest BCUT2D eigenvalue weighted by molar-refractivity contribution is 0.580. The highest BCUT2D eigenvalue weighted by Gasteiger charge is 2.18. The highest BCUT2D eigenvalue weighted by molar-refractivity contribution is 8.06. The van der Waals surface area contributed by atoms with E-state index in [-0.39, 0.29) is 6.54 Å². The van der Waals surface area contributed by atoms with Crippen LogP contribution in [0.15, 0.2) is 18.2 Å². The van der Waals surface area contributed by atoms with Gasteiger partial charge in [-0.1, -0.05) is 18.2 Å². The number of rotatable bonds is 5. The number of nitrogens with one attached hydrogen (secondary N) is 2. The minimum atomic E-state index is -3.81. The van der Waals surface area contributed by atoms with Crippen LogP contribution in [0.3, 0.4) is 0 Å². The highest BCUT2D eigenvalue weighted by Crippen LogP contribution is 2.17. The minimum Gasteiger partial charge on any atom is -0.309 e. The van der Waals surface area contributed by atoms with Crippen molar-refractivity contribution in [3.8, 4) is 0 Å². The molecule has 2 N–H and O–H groups in total. The van der Waals surface area contributed by atoms with Gasteiger partial charge in [0.05, 0.1) is 0 Å². The van der Waals surface area contributed by atoms with E-state index in [1.54, 1.807) is 0 Å². The SMILES string of the molecule is CS(=O)(=O)CS(=O)(=O)NCc1ccc2c(c1)CNC2. The van der Waals surface area contributed by atoms with Gasteiger partial charge in [-0.2, -0.15) is 0 Å². The molecule has 0 aliphatic carbocycles. The molecule has 1 aromatic carbocycles. The normalized spacial score (nSPS) is 15.4. The molecule has 0 amide bonds. The second kappa shape index (κ2) is 5.20. The Morgan fingerprint density at radius 1 is 1.16 bits per heavy atom. The van der Waals surface area contributed by atoms with Gasteiger partial charge in [-0.15, -0.1) is 0 Å². The largest absolute Gasteiger partial charge is 0.309 e. The highest BCUT2D eigenvalue weighted by atomic mass is 32.3. The van der Waals surface area contributed by atoms with Gasteiger partial charge < -0.3 is 5.32 Å². The Morgan fingerprint density at radius 2 is 1.84 bits per heavy atom. The molecular formula is C11H16N2O4S2.